The zero-order valence-corrected chi connectivity index (χ0v) is 7.07. The Morgan fingerprint density at radius 2 is 1.92 bits per heavy atom. The van der Waals surface area contributed by atoms with Crippen molar-refractivity contribution < 1.29 is 9.50 Å². The minimum atomic E-state index is -1.05. The summed E-state index contributed by atoms with van der Waals surface area (Å²) in [7, 11) is 0. The van der Waals surface area contributed by atoms with Crippen LogP contribution in [0.15, 0.2) is 30.3 Å². The Morgan fingerprint density at radius 3 is 2.42 bits per heavy atom. The fraction of sp³-hybridized carbons (Fsp3) is 0.400. The molecule has 2 heteroatoms. The first-order valence-corrected chi connectivity index (χ1v) is 4.07. The van der Waals surface area contributed by atoms with Gasteiger partial charge in [-0.1, -0.05) is 30.3 Å². The molecule has 12 heavy (non-hydrogen) atoms. The van der Waals surface area contributed by atoms with E-state index in [-0.39, 0.29) is 6.42 Å². The first-order valence-electron chi connectivity index (χ1n) is 4.07. The minimum absolute atomic E-state index is 0.171. The summed E-state index contributed by atoms with van der Waals surface area (Å²) in [5.74, 6) is 0. The minimum Gasteiger partial charge on any atom is -0.393 e. The van der Waals surface area contributed by atoms with E-state index in [1.165, 1.54) is 0 Å². The lowest BCUT2D eigenvalue weighted by Crippen LogP contribution is -2.04. The van der Waals surface area contributed by atoms with E-state index in [2.05, 4.69) is 0 Å². The Morgan fingerprint density at radius 1 is 1.33 bits per heavy atom. The highest BCUT2D eigenvalue weighted by atomic mass is 19.1. The van der Waals surface area contributed by atoms with E-state index in [1.54, 1.807) is 31.2 Å². The largest absolute Gasteiger partial charge is 0.393 e. The molecule has 0 aliphatic carbocycles. The quantitative estimate of drug-likeness (QED) is 0.735. The second kappa shape index (κ2) is 4.21. The monoisotopic (exact) mass is 168 g/mol. The molecule has 0 aliphatic rings. The molecule has 0 saturated heterocycles. The zero-order chi connectivity index (χ0) is 8.97. The molecule has 0 aromatic heterocycles. The first-order chi connectivity index (χ1) is 5.70. The van der Waals surface area contributed by atoms with Gasteiger partial charge in [0.2, 0.25) is 0 Å². The maximum atomic E-state index is 13.2. The lowest BCUT2D eigenvalue weighted by atomic mass is 10.1. The predicted octanol–water partition coefficient (Wildman–Crippen LogP) is 2.47. The number of hydrogen-bond donors (Lipinski definition) is 1. The van der Waals surface area contributed by atoms with Gasteiger partial charge in [0, 0.05) is 6.42 Å². The van der Waals surface area contributed by atoms with Crippen LogP contribution in [0.3, 0.4) is 0 Å². The van der Waals surface area contributed by atoms with Crippen LogP contribution in [0.2, 0.25) is 0 Å². The highest BCUT2D eigenvalue weighted by molar-refractivity contribution is 5.17. The third kappa shape index (κ3) is 2.62. The molecule has 0 radical (unpaired) electrons. The molecular weight excluding hydrogens is 155 g/mol. The summed E-state index contributed by atoms with van der Waals surface area (Å²) < 4.78 is 13.2. The Balaban J connectivity index is 2.59. The molecule has 1 nitrogen and oxygen atoms in total. The number of alkyl halides is 1. The number of benzene rings is 1. The van der Waals surface area contributed by atoms with Gasteiger partial charge >= 0.3 is 0 Å². The van der Waals surface area contributed by atoms with Crippen LogP contribution in [0.5, 0.6) is 0 Å². The number of rotatable bonds is 3. The molecule has 66 valence electrons. The predicted molar refractivity (Wildman–Crippen MR) is 46.6 cm³/mol. The van der Waals surface area contributed by atoms with Gasteiger partial charge in [-0.15, -0.1) is 0 Å². The van der Waals surface area contributed by atoms with Crippen LogP contribution in [0.4, 0.5) is 4.39 Å². The SMILES string of the molecule is CC(O)CC(F)c1ccccc1. The molecule has 1 rings (SSSR count). The molecule has 0 bridgehead atoms. The van der Waals surface area contributed by atoms with Crippen molar-refractivity contribution >= 4 is 0 Å². The molecule has 1 aromatic carbocycles. The van der Waals surface area contributed by atoms with Gasteiger partial charge in [-0.3, -0.25) is 0 Å². The summed E-state index contributed by atoms with van der Waals surface area (Å²) in [5, 5.41) is 8.94. The normalized spacial score (nSPS) is 15.6. The van der Waals surface area contributed by atoms with Gasteiger partial charge in [-0.25, -0.2) is 4.39 Å². The average Bonchev–Trinajstić information content (AvgIpc) is 2.05. The number of halogens is 1. The molecule has 0 saturated carbocycles. The second-order valence-corrected chi connectivity index (χ2v) is 2.96. The zero-order valence-electron chi connectivity index (χ0n) is 7.07. The maximum absolute atomic E-state index is 13.2. The van der Waals surface area contributed by atoms with Crippen LogP contribution in [0.1, 0.15) is 25.1 Å². The Bertz CT molecular complexity index is 221. The Labute approximate surface area is 71.9 Å². The van der Waals surface area contributed by atoms with E-state index in [0.29, 0.717) is 5.56 Å². The highest BCUT2D eigenvalue weighted by Crippen LogP contribution is 2.21. The van der Waals surface area contributed by atoms with Gasteiger partial charge < -0.3 is 5.11 Å². The molecule has 1 aromatic rings. The van der Waals surface area contributed by atoms with Gasteiger partial charge in [-0.2, -0.15) is 0 Å². The lowest BCUT2D eigenvalue weighted by Gasteiger charge is -2.09. The van der Waals surface area contributed by atoms with Crippen molar-refractivity contribution in [2.75, 3.05) is 0 Å². The maximum Gasteiger partial charge on any atom is 0.128 e. The third-order valence-electron chi connectivity index (χ3n) is 1.71. The molecule has 0 amide bonds. The van der Waals surface area contributed by atoms with Crippen molar-refractivity contribution in [2.24, 2.45) is 0 Å². The Kier molecular flexibility index (Phi) is 3.23. The van der Waals surface area contributed by atoms with Crippen molar-refractivity contribution in [2.45, 2.75) is 25.6 Å². The molecule has 0 spiro atoms. The van der Waals surface area contributed by atoms with Crippen LogP contribution in [0.25, 0.3) is 0 Å². The van der Waals surface area contributed by atoms with Crippen LogP contribution in [0, 0.1) is 0 Å². The fourth-order valence-corrected chi connectivity index (χ4v) is 1.10. The summed E-state index contributed by atoms with van der Waals surface area (Å²) in [5.41, 5.74) is 0.637. The van der Waals surface area contributed by atoms with Gasteiger partial charge in [0.25, 0.3) is 0 Å². The molecule has 2 atom stereocenters. The smallest absolute Gasteiger partial charge is 0.128 e. The van der Waals surface area contributed by atoms with Gasteiger partial charge in [-0.05, 0) is 12.5 Å². The van der Waals surface area contributed by atoms with Crippen LogP contribution in [-0.2, 0) is 0 Å². The van der Waals surface area contributed by atoms with E-state index >= 15 is 0 Å². The van der Waals surface area contributed by atoms with Gasteiger partial charge in [0.1, 0.15) is 6.17 Å². The van der Waals surface area contributed by atoms with E-state index in [0.717, 1.165) is 0 Å². The van der Waals surface area contributed by atoms with Crippen molar-refractivity contribution in [1.29, 1.82) is 0 Å². The fourth-order valence-electron chi connectivity index (χ4n) is 1.10. The lowest BCUT2D eigenvalue weighted by molar-refractivity contribution is 0.142. The van der Waals surface area contributed by atoms with Gasteiger partial charge in [0.05, 0.1) is 6.10 Å². The summed E-state index contributed by atoms with van der Waals surface area (Å²) in [4.78, 5) is 0. The average molecular weight is 168 g/mol. The van der Waals surface area contributed by atoms with Crippen LogP contribution < -0.4 is 0 Å². The molecule has 1 N–H and O–H groups in total. The topological polar surface area (TPSA) is 20.2 Å². The number of aliphatic hydroxyl groups is 1. The van der Waals surface area contributed by atoms with E-state index < -0.39 is 12.3 Å². The van der Waals surface area contributed by atoms with Gasteiger partial charge in [0.15, 0.2) is 0 Å². The van der Waals surface area contributed by atoms with E-state index in [1.807, 2.05) is 6.07 Å². The number of hydrogen-bond acceptors (Lipinski definition) is 1. The number of aliphatic hydroxyl groups excluding tert-OH is 1. The summed E-state index contributed by atoms with van der Waals surface area (Å²) >= 11 is 0. The standard InChI is InChI=1S/C10H13FO/c1-8(12)7-10(11)9-5-3-2-4-6-9/h2-6,8,10,12H,7H2,1H3. The van der Waals surface area contributed by atoms with E-state index in [9.17, 15) is 4.39 Å². The Hall–Kier alpha value is -0.890. The summed E-state index contributed by atoms with van der Waals surface area (Å²) in [6, 6.07) is 8.90. The third-order valence-corrected chi connectivity index (χ3v) is 1.71. The molecule has 0 aliphatic heterocycles. The van der Waals surface area contributed by atoms with Crippen molar-refractivity contribution in [3.8, 4) is 0 Å². The van der Waals surface area contributed by atoms with Crippen molar-refractivity contribution in [3.05, 3.63) is 35.9 Å². The van der Waals surface area contributed by atoms with E-state index in [4.69, 9.17) is 5.11 Å². The van der Waals surface area contributed by atoms with Crippen molar-refractivity contribution in [3.63, 3.8) is 0 Å². The molecular formula is C10H13FO. The first kappa shape index (κ1) is 9.20. The highest BCUT2D eigenvalue weighted by Gasteiger charge is 2.11. The molecule has 2 unspecified atom stereocenters. The summed E-state index contributed by atoms with van der Waals surface area (Å²) in [6.07, 6.45) is -1.46. The molecule has 0 fully saturated rings. The van der Waals surface area contributed by atoms with Crippen molar-refractivity contribution in [1.82, 2.24) is 0 Å². The summed E-state index contributed by atoms with van der Waals surface area (Å²) in [6.45, 7) is 1.59. The second-order valence-electron chi connectivity index (χ2n) is 2.96. The van der Waals surface area contributed by atoms with Crippen LogP contribution >= 0.6 is 0 Å². The van der Waals surface area contributed by atoms with Crippen LogP contribution in [-0.4, -0.2) is 11.2 Å². The molecule has 0 heterocycles.